The normalized spacial score (nSPS) is 31.2. The lowest BCUT2D eigenvalue weighted by Gasteiger charge is -2.06. The first-order chi connectivity index (χ1) is 7.68. The molecular weight excluding hydrogens is 266 g/mol. The number of rotatable bonds is 2. The number of nitrogens with two attached hydrogens (primary N) is 1. The predicted octanol–water partition coefficient (Wildman–Crippen LogP) is 3.26. The highest BCUT2D eigenvalue weighted by Crippen LogP contribution is 2.58. The molecule has 0 amide bonds. The van der Waals surface area contributed by atoms with Crippen LogP contribution in [-0.2, 0) is 0 Å². The average molecular weight is 280 g/mol. The average Bonchev–Trinajstić information content (AvgIpc) is 2.71. The molecule has 0 heterocycles. The molecule has 84 valence electrons. The maximum absolute atomic E-state index is 12.3. The van der Waals surface area contributed by atoms with Crippen LogP contribution in [0.1, 0.15) is 29.6 Å². The third-order valence-corrected chi connectivity index (χ3v) is 4.62. The summed E-state index contributed by atoms with van der Waals surface area (Å²) in [5.41, 5.74) is 7.16. The van der Waals surface area contributed by atoms with E-state index in [0.29, 0.717) is 29.2 Å². The number of ketones is 1. The largest absolute Gasteiger partial charge is 0.399 e. The molecule has 0 radical (unpaired) electrons. The molecule has 1 aromatic carbocycles. The molecule has 2 aliphatic rings. The van der Waals surface area contributed by atoms with Gasteiger partial charge in [0.25, 0.3) is 0 Å². The van der Waals surface area contributed by atoms with Crippen molar-refractivity contribution in [2.24, 2.45) is 17.8 Å². The molecule has 2 N–H and O–H groups in total. The van der Waals surface area contributed by atoms with E-state index in [2.05, 4.69) is 15.9 Å². The Balaban J connectivity index is 1.85. The Morgan fingerprint density at radius 2 is 2.00 bits per heavy atom. The van der Waals surface area contributed by atoms with Gasteiger partial charge in [0.15, 0.2) is 5.78 Å². The minimum atomic E-state index is 0.300. The molecule has 2 unspecified atom stereocenters. The Labute approximate surface area is 103 Å². The summed E-state index contributed by atoms with van der Waals surface area (Å²) in [6, 6.07) is 5.46. The highest BCUT2D eigenvalue weighted by Gasteiger charge is 2.56. The number of halogens is 1. The van der Waals surface area contributed by atoms with Crippen molar-refractivity contribution in [2.75, 3.05) is 5.73 Å². The second-order valence-corrected chi connectivity index (χ2v) is 5.74. The minimum absolute atomic E-state index is 0.300. The molecule has 2 atom stereocenters. The number of hydrogen-bond acceptors (Lipinski definition) is 2. The van der Waals surface area contributed by atoms with Gasteiger partial charge in [-0.15, -0.1) is 0 Å². The maximum Gasteiger partial charge on any atom is 0.167 e. The number of anilines is 1. The molecule has 1 aromatic rings. The molecule has 0 saturated heterocycles. The zero-order valence-corrected chi connectivity index (χ0v) is 10.5. The molecule has 3 rings (SSSR count). The van der Waals surface area contributed by atoms with Crippen LogP contribution < -0.4 is 5.73 Å². The monoisotopic (exact) mass is 279 g/mol. The number of nitrogen functional groups attached to an aromatic ring is 1. The summed E-state index contributed by atoms with van der Waals surface area (Å²) in [6.45, 7) is 0. The van der Waals surface area contributed by atoms with Gasteiger partial charge in [0.2, 0.25) is 0 Å². The van der Waals surface area contributed by atoms with Crippen molar-refractivity contribution in [1.29, 1.82) is 0 Å². The van der Waals surface area contributed by atoms with Crippen molar-refractivity contribution >= 4 is 27.4 Å². The van der Waals surface area contributed by atoms with Crippen LogP contribution in [0.25, 0.3) is 0 Å². The van der Waals surface area contributed by atoms with Gasteiger partial charge in [-0.05, 0) is 58.8 Å². The predicted molar refractivity (Wildman–Crippen MR) is 67.2 cm³/mol. The number of carbonyl (C=O) groups excluding carboxylic acids is 1. The van der Waals surface area contributed by atoms with Gasteiger partial charge < -0.3 is 5.73 Å². The van der Waals surface area contributed by atoms with E-state index >= 15 is 0 Å². The van der Waals surface area contributed by atoms with Crippen LogP contribution in [0.15, 0.2) is 22.7 Å². The molecule has 2 nitrogen and oxygen atoms in total. The lowest BCUT2D eigenvalue weighted by Crippen LogP contribution is -2.07. The summed E-state index contributed by atoms with van der Waals surface area (Å²) in [6.07, 6.45) is 3.79. The van der Waals surface area contributed by atoms with Crippen LogP contribution in [0, 0.1) is 17.8 Å². The highest BCUT2D eigenvalue weighted by molar-refractivity contribution is 9.10. The van der Waals surface area contributed by atoms with Gasteiger partial charge in [-0.1, -0.05) is 6.42 Å². The van der Waals surface area contributed by atoms with E-state index in [-0.39, 0.29) is 0 Å². The summed E-state index contributed by atoms with van der Waals surface area (Å²) >= 11 is 3.42. The summed E-state index contributed by atoms with van der Waals surface area (Å²) in [5.74, 6) is 1.96. The summed E-state index contributed by atoms with van der Waals surface area (Å²) < 4.78 is 0.836. The van der Waals surface area contributed by atoms with E-state index in [1.165, 1.54) is 19.3 Å². The summed E-state index contributed by atoms with van der Waals surface area (Å²) in [5, 5.41) is 0. The molecule has 0 aliphatic heterocycles. The molecule has 2 fully saturated rings. The molecule has 0 aromatic heterocycles. The molecular formula is C13H14BrNO. The quantitative estimate of drug-likeness (QED) is 0.667. The summed E-state index contributed by atoms with van der Waals surface area (Å²) in [4.78, 5) is 12.3. The van der Waals surface area contributed by atoms with Gasteiger partial charge in [-0.3, -0.25) is 4.79 Å². The first kappa shape index (κ1) is 10.3. The first-order valence-corrected chi connectivity index (χ1v) is 6.57. The fourth-order valence-corrected chi connectivity index (χ4v) is 3.71. The van der Waals surface area contributed by atoms with Crippen LogP contribution in [0.3, 0.4) is 0 Å². The Morgan fingerprint density at radius 1 is 1.31 bits per heavy atom. The SMILES string of the molecule is Nc1ccc(C(=O)C2C3CCCC32)c(Br)c1. The molecule has 0 spiro atoms. The molecule has 3 heteroatoms. The van der Waals surface area contributed by atoms with Gasteiger partial charge in [0.05, 0.1) is 0 Å². The highest BCUT2D eigenvalue weighted by atomic mass is 79.9. The second kappa shape index (κ2) is 3.59. The van der Waals surface area contributed by atoms with E-state index in [1.54, 1.807) is 6.07 Å². The van der Waals surface area contributed by atoms with Crippen LogP contribution >= 0.6 is 15.9 Å². The number of benzene rings is 1. The van der Waals surface area contributed by atoms with Crippen LogP contribution in [0.5, 0.6) is 0 Å². The van der Waals surface area contributed by atoms with Crippen molar-refractivity contribution in [2.45, 2.75) is 19.3 Å². The Kier molecular flexibility index (Phi) is 2.32. The van der Waals surface area contributed by atoms with Crippen molar-refractivity contribution in [3.05, 3.63) is 28.2 Å². The van der Waals surface area contributed by atoms with E-state index in [9.17, 15) is 4.79 Å². The van der Waals surface area contributed by atoms with Gasteiger partial charge in [-0.25, -0.2) is 0 Å². The van der Waals surface area contributed by atoms with E-state index in [4.69, 9.17) is 5.73 Å². The van der Waals surface area contributed by atoms with Crippen LogP contribution in [-0.4, -0.2) is 5.78 Å². The minimum Gasteiger partial charge on any atom is -0.399 e. The van der Waals surface area contributed by atoms with Crippen molar-refractivity contribution in [3.63, 3.8) is 0 Å². The van der Waals surface area contributed by atoms with Gasteiger partial charge in [-0.2, -0.15) is 0 Å². The lowest BCUT2D eigenvalue weighted by atomic mass is 10.0. The van der Waals surface area contributed by atoms with Crippen LogP contribution in [0.4, 0.5) is 5.69 Å². The van der Waals surface area contributed by atoms with Gasteiger partial charge >= 0.3 is 0 Å². The van der Waals surface area contributed by atoms with Crippen molar-refractivity contribution in [3.8, 4) is 0 Å². The van der Waals surface area contributed by atoms with Crippen molar-refractivity contribution in [1.82, 2.24) is 0 Å². The van der Waals surface area contributed by atoms with Gasteiger partial charge in [0.1, 0.15) is 0 Å². The zero-order valence-electron chi connectivity index (χ0n) is 8.95. The Morgan fingerprint density at radius 3 is 2.62 bits per heavy atom. The topological polar surface area (TPSA) is 43.1 Å². The third kappa shape index (κ3) is 1.49. The standard InChI is InChI=1S/C13H14BrNO/c14-11-6-7(15)4-5-10(11)13(16)12-8-2-1-3-9(8)12/h4-6,8-9,12H,1-3,15H2. The smallest absolute Gasteiger partial charge is 0.167 e. The fourth-order valence-electron chi connectivity index (χ4n) is 3.12. The molecule has 2 aliphatic carbocycles. The lowest BCUT2D eigenvalue weighted by molar-refractivity contribution is 0.0951. The fraction of sp³-hybridized carbons (Fsp3) is 0.462. The van der Waals surface area contributed by atoms with E-state index < -0.39 is 0 Å². The van der Waals surface area contributed by atoms with Gasteiger partial charge in [0, 0.05) is 21.6 Å². The Hall–Kier alpha value is -0.830. The Bertz CT molecular complexity index is 447. The first-order valence-electron chi connectivity index (χ1n) is 5.77. The van der Waals surface area contributed by atoms with E-state index in [0.717, 1.165) is 10.0 Å². The number of carbonyl (C=O) groups is 1. The van der Waals surface area contributed by atoms with E-state index in [1.807, 2.05) is 12.1 Å². The number of hydrogen-bond donors (Lipinski definition) is 1. The molecule has 16 heavy (non-hydrogen) atoms. The summed E-state index contributed by atoms with van der Waals surface area (Å²) in [7, 11) is 0. The number of Topliss-reactive ketones (excluding diaryl/α,β-unsaturated/α-hetero) is 1. The molecule has 0 bridgehead atoms. The number of fused-ring (bicyclic) bond motifs is 1. The van der Waals surface area contributed by atoms with Crippen LogP contribution in [0.2, 0.25) is 0 Å². The zero-order chi connectivity index (χ0) is 11.3. The van der Waals surface area contributed by atoms with Crippen molar-refractivity contribution < 1.29 is 4.79 Å². The second-order valence-electron chi connectivity index (χ2n) is 4.89. The molecule has 2 saturated carbocycles. The third-order valence-electron chi connectivity index (χ3n) is 3.97. The maximum atomic E-state index is 12.3.